The van der Waals surface area contributed by atoms with Gasteiger partial charge in [-0.05, 0) is 50.4 Å². The molecule has 2 bridgehead atoms. The van der Waals surface area contributed by atoms with E-state index in [1.165, 1.54) is 19.3 Å². The first kappa shape index (κ1) is 16.2. The number of piperidine rings is 1. The fraction of sp³-hybridized carbons (Fsp3) is 0.941. The lowest BCUT2D eigenvalue weighted by atomic mass is 9.83. The van der Waals surface area contributed by atoms with Gasteiger partial charge in [0.1, 0.15) is 0 Å². The summed E-state index contributed by atoms with van der Waals surface area (Å²) in [6.07, 6.45) is 6.76. The van der Waals surface area contributed by atoms with E-state index in [2.05, 4.69) is 0 Å². The monoisotopic (exact) mass is 310 g/mol. The number of fused-ring (bicyclic) bond motifs is 2. The van der Waals surface area contributed by atoms with E-state index in [9.17, 15) is 4.79 Å². The van der Waals surface area contributed by atoms with Gasteiger partial charge in [-0.15, -0.1) is 0 Å². The molecule has 3 aliphatic rings. The molecule has 0 aromatic heterocycles. The van der Waals surface area contributed by atoms with E-state index in [1.807, 2.05) is 4.90 Å². The van der Waals surface area contributed by atoms with E-state index >= 15 is 0 Å². The minimum Gasteiger partial charge on any atom is -0.385 e. The van der Waals surface area contributed by atoms with Crippen molar-refractivity contribution >= 4 is 5.91 Å². The van der Waals surface area contributed by atoms with Crippen LogP contribution in [0.1, 0.15) is 38.5 Å². The van der Waals surface area contributed by atoms with Crippen molar-refractivity contribution in [3.63, 3.8) is 0 Å². The number of nitrogens with two attached hydrogens (primary N) is 1. The molecule has 1 heterocycles. The summed E-state index contributed by atoms with van der Waals surface area (Å²) in [5.74, 6) is 1.56. The van der Waals surface area contributed by atoms with Gasteiger partial charge in [0.15, 0.2) is 0 Å². The van der Waals surface area contributed by atoms with E-state index in [0.717, 1.165) is 45.6 Å². The van der Waals surface area contributed by atoms with Gasteiger partial charge < -0.3 is 20.1 Å². The molecule has 4 atom stereocenters. The first-order valence-corrected chi connectivity index (χ1v) is 8.85. The zero-order chi connectivity index (χ0) is 15.5. The summed E-state index contributed by atoms with van der Waals surface area (Å²) in [7, 11) is 1.71. The third-order valence-corrected chi connectivity index (χ3v) is 5.87. The molecule has 5 heteroatoms. The highest BCUT2D eigenvalue weighted by Gasteiger charge is 2.50. The van der Waals surface area contributed by atoms with Gasteiger partial charge in [0.05, 0.1) is 12.0 Å². The predicted octanol–water partition coefficient (Wildman–Crippen LogP) is 1.40. The third-order valence-electron chi connectivity index (χ3n) is 5.87. The van der Waals surface area contributed by atoms with Crippen molar-refractivity contribution < 1.29 is 14.3 Å². The zero-order valence-electron chi connectivity index (χ0n) is 13.7. The topological polar surface area (TPSA) is 64.8 Å². The lowest BCUT2D eigenvalue weighted by Crippen LogP contribution is -2.50. The summed E-state index contributed by atoms with van der Waals surface area (Å²) in [6.45, 7) is 3.16. The summed E-state index contributed by atoms with van der Waals surface area (Å²) in [5.41, 5.74) is 6.31. The molecule has 5 nitrogen and oxygen atoms in total. The van der Waals surface area contributed by atoms with E-state index in [0.29, 0.717) is 23.8 Å². The second-order valence-electron chi connectivity index (χ2n) is 7.18. The van der Waals surface area contributed by atoms with Crippen molar-refractivity contribution in [2.75, 3.05) is 33.4 Å². The van der Waals surface area contributed by atoms with Crippen LogP contribution in [0, 0.1) is 17.8 Å². The molecule has 1 saturated heterocycles. The highest BCUT2D eigenvalue weighted by Crippen LogP contribution is 2.48. The Morgan fingerprint density at radius 1 is 1.14 bits per heavy atom. The van der Waals surface area contributed by atoms with Gasteiger partial charge in [-0.1, -0.05) is 0 Å². The Morgan fingerprint density at radius 3 is 2.50 bits per heavy atom. The first-order chi connectivity index (χ1) is 10.7. The number of nitrogens with zero attached hydrogens (tertiary/aromatic N) is 1. The van der Waals surface area contributed by atoms with E-state index < -0.39 is 0 Å². The highest BCUT2D eigenvalue weighted by atomic mass is 16.5. The number of carbonyl (C=O) groups is 1. The average molecular weight is 310 g/mol. The highest BCUT2D eigenvalue weighted by molar-refractivity contribution is 5.80. The number of rotatable bonds is 6. The fourth-order valence-electron chi connectivity index (χ4n) is 4.61. The van der Waals surface area contributed by atoms with Crippen LogP contribution in [0.3, 0.4) is 0 Å². The fourth-order valence-corrected chi connectivity index (χ4v) is 4.61. The minimum atomic E-state index is 0.0953. The second-order valence-corrected chi connectivity index (χ2v) is 7.18. The molecular weight excluding hydrogens is 280 g/mol. The van der Waals surface area contributed by atoms with E-state index in [4.69, 9.17) is 15.2 Å². The van der Waals surface area contributed by atoms with Crippen molar-refractivity contribution in [2.45, 2.75) is 50.7 Å². The zero-order valence-corrected chi connectivity index (χ0v) is 13.7. The summed E-state index contributed by atoms with van der Waals surface area (Å²) < 4.78 is 10.9. The molecule has 2 N–H and O–H groups in total. The maximum absolute atomic E-state index is 12.8. The standard InChI is InChI=1S/C17H30N2O3/c1-21-9-2-10-22-14-5-7-19(8-6-14)17(20)15-12-3-4-13(11-12)16(15)18/h12-16H,2-11,18H2,1H3/t12-,13-,15+,16+/m0/s1. The Bertz CT molecular complexity index is 380. The minimum absolute atomic E-state index is 0.0953. The molecule has 2 aliphatic carbocycles. The molecule has 0 aromatic carbocycles. The maximum Gasteiger partial charge on any atom is 0.227 e. The Kier molecular flexibility index (Phi) is 5.37. The molecule has 1 aliphatic heterocycles. The Morgan fingerprint density at radius 2 is 1.86 bits per heavy atom. The van der Waals surface area contributed by atoms with Crippen LogP contribution in [-0.4, -0.2) is 56.4 Å². The lowest BCUT2D eigenvalue weighted by Gasteiger charge is -2.37. The number of hydrogen-bond acceptors (Lipinski definition) is 4. The second kappa shape index (κ2) is 7.28. The molecule has 126 valence electrons. The van der Waals surface area contributed by atoms with Crippen LogP contribution < -0.4 is 5.73 Å². The van der Waals surface area contributed by atoms with Crippen LogP contribution in [-0.2, 0) is 14.3 Å². The smallest absolute Gasteiger partial charge is 0.227 e. The van der Waals surface area contributed by atoms with Crippen molar-refractivity contribution in [3.05, 3.63) is 0 Å². The molecule has 3 fully saturated rings. The van der Waals surface area contributed by atoms with Crippen LogP contribution in [0.25, 0.3) is 0 Å². The number of carbonyl (C=O) groups excluding carboxylic acids is 1. The van der Waals surface area contributed by atoms with Gasteiger partial charge >= 0.3 is 0 Å². The molecule has 1 amide bonds. The number of hydrogen-bond donors (Lipinski definition) is 1. The van der Waals surface area contributed by atoms with Crippen LogP contribution >= 0.6 is 0 Å². The predicted molar refractivity (Wildman–Crippen MR) is 84.3 cm³/mol. The van der Waals surface area contributed by atoms with Crippen molar-refractivity contribution in [2.24, 2.45) is 23.5 Å². The van der Waals surface area contributed by atoms with Crippen LogP contribution in [0.2, 0.25) is 0 Å². The Labute approximate surface area is 133 Å². The van der Waals surface area contributed by atoms with Gasteiger partial charge in [0, 0.05) is 39.5 Å². The SMILES string of the molecule is COCCCOC1CCN(C(=O)[C@@H]2[C@H]3CC[C@@H](C3)[C@H]2N)CC1. The van der Waals surface area contributed by atoms with Gasteiger partial charge in [-0.25, -0.2) is 0 Å². The van der Waals surface area contributed by atoms with Crippen LogP contribution in [0.15, 0.2) is 0 Å². The number of ether oxygens (including phenoxy) is 2. The van der Waals surface area contributed by atoms with E-state index in [-0.39, 0.29) is 12.0 Å². The van der Waals surface area contributed by atoms with Gasteiger partial charge in [-0.2, -0.15) is 0 Å². The number of amides is 1. The summed E-state index contributed by atoms with van der Waals surface area (Å²) in [4.78, 5) is 14.8. The van der Waals surface area contributed by atoms with Crippen molar-refractivity contribution in [3.8, 4) is 0 Å². The number of methoxy groups -OCH3 is 1. The summed E-state index contributed by atoms with van der Waals surface area (Å²) >= 11 is 0. The molecule has 3 rings (SSSR count). The Balaban J connectivity index is 1.42. The largest absolute Gasteiger partial charge is 0.385 e. The van der Waals surface area contributed by atoms with Gasteiger partial charge in [0.2, 0.25) is 5.91 Å². The first-order valence-electron chi connectivity index (χ1n) is 8.85. The molecule has 0 radical (unpaired) electrons. The average Bonchev–Trinajstić information content (AvgIpc) is 3.13. The third kappa shape index (κ3) is 3.31. The summed E-state index contributed by atoms with van der Waals surface area (Å²) in [5, 5.41) is 0. The molecular formula is C17H30N2O3. The van der Waals surface area contributed by atoms with Gasteiger partial charge in [0.25, 0.3) is 0 Å². The lowest BCUT2D eigenvalue weighted by molar-refractivity contribution is -0.140. The molecule has 0 aromatic rings. The van der Waals surface area contributed by atoms with Crippen LogP contribution in [0.5, 0.6) is 0 Å². The van der Waals surface area contributed by atoms with E-state index in [1.54, 1.807) is 7.11 Å². The maximum atomic E-state index is 12.8. The number of likely N-dealkylation sites (tertiary alicyclic amines) is 1. The molecule has 22 heavy (non-hydrogen) atoms. The van der Waals surface area contributed by atoms with Crippen molar-refractivity contribution in [1.82, 2.24) is 4.90 Å². The van der Waals surface area contributed by atoms with Crippen molar-refractivity contribution in [1.29, 1.82) is 0 Å². The van der Waals surface area contributed by atoms with Gasteiger partial charge in [-0.3, -0.25) is 4.79 Å². The normalized spacial score (nSPS) is 35.3. The van der Waals surface area contributed by atoms with Crippen LogP contribution in [0.4, 0.5) is 0 Å². The molecule has 0 unspecified atom stereocenters. The summed E-state index contributed by atoms with van der Waals surface area (Å²) in [6, 6.07) is 0.106. The molecule has 2 saturated carbocycles. The molecule has 0 spiro atoms. The quantitative estimate of drug-likeness (QED) is 0.753. The Hall–Kier alpha value is -0.650.